The van der Waals surface area contributed by atoms with Gasteiger partial charge in [-0.1, -0.05) is 30.3 Å². The summed E-state index contributed by atoms with van der Waals surface area (Å²) in [5, 5.41) is 4.50. The Morgan fingerprint density at radius 2 is 1.76 bits per heavy atom. The van der Waals surface area contributed by atoms with Crippen molar-refractivity contribution in [2.45, 2.75) is 20.0 Å². The molecule has 3 aromatic rings. The van der Waals surface area contributed by atoms with E-state index in [4.69, 9.17) is 4.74 Å². The van der Waals surface area contributed by atoms with E-state index < -0.39 is 0 Å². The predicted octanol–water partition coefficient (Wildman–Crippen LogP) is 4.77. The monoisotopic (exact) mass is 278 g/mol. The summed E-state index contributed by atoms with van der Waals surface area (Å²) in [7, 11) is 0. The lowest BCUT2D eigenvalue weighted by Gasteiger charge is -2.15. The summed E-state index contributed by atoms with van der Waals surface area (Å²) in [5.41, 5.74) is 2.89. The third-order valence-electron chi connectivity index (χ3n) is 3.12. The van der Waals surface area contributed by atoms with Crippen LogP contribution >= 0.6 is 0 Å². The maximum atomic E-state index is 5.82. The molecule has 0 unspecified atom stereocenters. The summed E-state index contributed by atoms with van der Waals surface area (Å²) in [5.74, 6) is 0.848. The minimum atomic E-state index is 0.141. The number of ether oxygens (including phenoxy) is 1. The average molecular weight is 278 g/mol. The van der Waals surface area contributed by atoms with Gasteiger partial charge in [0, 0.05) is 5.39 Å². The summed E-state index contributed by atoms with van der Waals surface area (Å²) in [6, 6.07) is 18.1. The van der Waals surface area contributed by atoms with Crippen molar-refractivity contribution in [3.63, 3.8) is 0 Å². The summed E-state index contributed by atoms with van der Waals surface area (Å²) in [6.07, 6.45) is 1.98. The van der Waals surface area contributed by atoms with Crippen LogP contribution in [0.1, 0.15) is 13.8 Å². The van der Waals surface area contributed by atoms with Crippen molar-refractivity contribution < 1.29 is 4.74 Å². The van der Waals surface area contributed by atoms with Crippen molar-refractivity contribution in [2.75, 3.05) is 5.32 Å². The number of para-hydroxylation sites is 3. The summed E-state index contributed by atoms with van der Waals surface area (Å²) in [6.45, 7) is 4.04. The van der Waals surface area contributed by atoms with Gasteiger partial charge in [-0.05, 0) is 38.1 Å². The van der Waals surface area contributed by atoms with E-state index in [1.54, 1.807) is 0 Å². The van der Waals surface area contributed by atoms with Crippen molar-refractivity contribution in [3.8, 4) is 5.75 Å². The number of hydrogen-bond donors (Lipinski definition) is 1. The third kappa shape index (κ3) is 3.14. The van der Waals surface area contributed by atoms with Gasteiger partial charge in [0.25, 0.3) is 0 Å². The Hall–Kier alpha value is -2.55. The largest absolute Gasteiger partial charge is 0.489 e. The molecular weight excluding hydrogens is 260 g/mol. The van der Waals surface area contributed by atoms with Crippen molar-refractivity contribution in [1.29, 1.82) is 0 Å². The Morgan fingerprint density at radius 1 is 1.00 bits per heavy atom. The van der Waals surface area contributed by atoms with Crippen LogP contribution in [0.5, 0.6) is 5.75 Å². The van der Waals surface area contributed by atoms with E-state index in [9.17, 15) is 0 Å². The molecule has 1 N–H and O–H groups in total. The van der Waals surface area contributed by atoms with E-state index in [-0.39, 0.29) is 6.10 Å². The molecule has 0 aliphatic rings. The zero-order valence-corrected chi connectivity index (χ0v) is 12.2. The van der Waals surface area contributed by atoms with Crippen molar-refractivity contribution in [2.24, 2.45) is 0 Å². The summed E-state index contributed by atoms with van der Waals surface area (Å²) < 4.78 is 5.82. The van der Waals surface area contributed by atoms with Gasteiger partial charge in [-0.15, -0.1) is 0 Å². The minimum absolute atomic E-state index is 0.141. The van der Waals surface area contributed by atoms with E-state index in [0.29, 0.717) is 0 Å². The molecule has 0 atom stereocenters. The SMILES string of the molecule is CC(C)Oc1ccccc1Nc1cnc2ccccc2c1. The van der Waals surface area contributed by atoms with Crippen molar-refractivity contribution >= 4 is 22.3 Å². The van der Waals surface area contributed by atoms with Crippen LogP contribution < -0.4 is 10.1 Å². The Balaban J connectivity index is 1.91. The highest BCUT2D eigenvalue weighted by Gasteiger charge is 2.06. The van der Waals surface area contributed by atoms with Crippen LogP contribution in [0, 0.1) is 0 Å². The van der Waals surface area contributed by atoms with Gasteiger partial charge < -0.3 is 10.1 Å². The van der Waals surface area contributed by atoms with Crippen LogP contribution in [0.15, 0.2) is 60.8 Å². The smallest absolute Gasteiger partial charge is 0.143 e. The van der Waals surface area contributed by atoms with Gasteiger partial charge in [0.2, 0.25) is 0 Å². The molecule has 21 heavy (non-hydrogen) atoms. The molecule has 2 aromatic carbocycles. The van der Waals surface area contributed by atoms with Gasteiger partial charge in [-0.2, -0.15) is 0 Å². The van der Waals surface area contributed by atoms with Gasteiger partial charge in [0.15, 0.2) is 0 Å². The Bertz CT molecular complexity index is 753. The number of nitrogens with zero attached hydrogens (tertiary/aromatic N) is 1. The fourth-order valence-electron chi connectivity index (χ4n) is 2.22. The molecule has 0 amide bonds. The van der Waals surface area contributed by atoms with Gasteiger partial charge in [-0.25, -0.2) is 0 Å². The lowest BCUT2D eigenvalue weighted by atomic mass is 10.2. The second-order valence-corrected chi connectivity index (χ2v) is 5.20. The average Bonchev–Trinajstić information content (AvgIpc) is 2.49. The van der Waals surface area contributed by atoms with Crippen LogP contribution in [0.3, 0.4) is 0 Å². The molecule has 0 saturated carbocycles. The molecule has 3 heteroatoms. The topological polar surface area (TPSA) is 34.1 Å². The highest BCUT2D eigenvalue weighted by Crippen LogP contribution is 2.28. The van der Waals surface area contributed by atoms with Crippen LogP contribution in [0.2, 0.25) is 0 Å². The second kappa shape index (κ2) is 5.83. The molecule has 3 rings (SSSR count). The molecule has 0 bridgehead atoms. The Morgan fingerprint density at radius 3 is 2.62 bits per heavy atom. The first kappa shape index (κ1) is 13.4. The summed E-state index contributed by atoms with van der Waals surface area (Å²) in [4.78, 5) is 4.46. The van der Waals surface area contributed by atoms with Crippen LogP contribution in [0.25, 0.3) is 10.9 Å². The number of benzene rings is 2. The second-order valence-electron chi connectivity index (χ2n) is 5.20. The number of nitrogens with one attached hydrogen (secondary N) is 1. The quantitative estimate of drug-likeness (QED) is 0.746. The standard InChI is InChI=1S/C18H18N2O/c1-13(2)21-18-10-6-5-9-17(18)20-15-11-14-7-3-4-8-16(14)19-12-15/h3-13,20H,1-2H3. The molecule has 1 aromatic heterocycles. The van der Waals surface area contributed by atoms with Gasteiger partial charge >= 0.3 is 0 Å². The maximum absolute atomic E-state index is 5.82. The van der Waals surface area contributed by atoms with E-state index in [2.05, 4.69) is 22.4 Å². The number of aromatic nitrogens is 1. The molecule has 0 saturated heterocycles. The first-order valence-corrected chi connectivity index (χ1v) is 7.10. The number of hydrogen-bond acceptors (Lipinski definition) is 3. The van der Waals surface area contributed by atoms with Crippen molar-refractivity contribution in [1.82, 2.24) is 4.98 Å². The van der Waals surface area contributed by atoms with Crippen molar-refractivity contribution in [3.05, 3.63) is 60.8 Å². The fourth-order valence-corrected chi connectivity index (χ4v) is 2.22. The molecule has 0 radical (unpaired) electrons. The van der Waals surface area contributed by atoms with E-state index in [1.165, 1.54) is 0 Å². The highest BCUT2D eigenvalue weighted by atomic mass is 16.5. The number of fused-ring (bicyclic) bond motifs is 1. The van der Waals surface area contributed by atoms with Gasteiger partial charge in [0.1, 0.15) is 5.75 Å². The molecule has 3 nitrogen and oxygen atoms in total. The highest BCUT2D eigenvalue weighted by molar-refractivity contribution is 5.82. The van der Waals surface area contributed by atoms with E-state index >= 15 is 0 Å². The Kier molecular flexibility index (Phi) is 3.73. The number of pyridine rings is 1. The molecule has 0 aliphatic carbocycles. The third-order valence-corrected chi connectivity index (χ3v) is 3.12. The van der Waals surface area contributed by atoms with Gasteiger partial charge in [-0.3, -0.25) is 4.98 Å². The first-order valence-electron chi connectivity index (χ1n) is 7.10. The van der Waals surface area contributed by atoms with Gasteiger partial charge in [0.05, 0.1) is 29.2 Å². The number of anilines is 2. The zero-order valence-electron chi connectivity index (χ0n) is 12.2. The lowest BCUT2D eigenvalue weighted by molar-refractivity contribution is 0.244. The minimum Gasteiger partial charge on any atom is -0.489 e. The number of rotatable bonds is 4. The van der Waals surface area contributed by atoms with Crippen LogP contribution in [0.4, 0.5) is 11.4 Å². The van der Waals surface area contributed by atoms with Crippen LogP contribution in [-0.4, -0.2) is 11.1 Å². The summed E-state index contributed by atoms with van der Waals surface area (Å²) >= 11 is 0. The Labute approximate surface area is 124 Å². The van der Waals surface area contributed by atoms with Crippen LogP contribution in [-0.2, 0) is 0 Å². The van der Waals surface area contributed by atoms with E-state index in [0.717, 1.165) is 28.0 Å². The fraction of sp³-hybridized carbons (Fsp3) is 0.167. The maximum Gasteiger partial charge on any atom is 0.143 e. The molecular formula is C18H18N2O. The predicted molar refractivity (Wildman–Crippen MR) is 87.2 cm³/mol. The van der Waals surface area contributed by atoms with E-state index in [1.807, 2.05) is 62.5 Å². The normalized spacial score (nSPS) is 10.8. The zero-order chi connectivity index (χ0) is 14.7. The molecule has 0 fully saturated rings. The lowest BCUT2D eigenvalue weighted by Crippen LogP contribution is -2.07. The molecule has 1 heterocycles. The first-order chi connectivity index (χ1) is 10.2. The molecule has 0 aliphatic heterocycles. The molecule has 106 valence electrons. The molecule has 0 spiro atoms.